The monoisotopic (exact) mass is 247 g/mol. The molecular formula is C13H17N3O2. The molecule has 18 heavy (non-hydrogen) atoms. The number of nitrogens with zero attached hydrogens (tertiary/aromatic N) is 2. The van der Waals surface area contributed by atoms with Crippen molar-refractivity contribution in [3.05, 3.63) is 41.2 Å². The molecule has 96 valence electrons. The molecule has 0 atom stereocenters. The highest BCUT2D eigenvalue weighted by atomic mass is 16.5. The number of methoxy groups -OCH3 is 1. The molecule has 0 saturated carbocycles. The Hall–Kier alpha value is -1.88. The third-order valence-electron chi connectivity index (χ3n) is 2.66. The van der Waals surface area contributed by atoms with E-state index >= 15 is 0 Å². The maximum absolute atomic E-state index is 5.10. The van der Waals surface area contributed by atoms with E-state index in [0.717, 1.165) is 0 Å². The third-order valence-corrected chi connectivity index (χ3v) is 2.66. The molecule has 5 heteroatoms. The van der Waals surface area contributed by atoms with Crippen LogP contribution in [0.5, 0.6) is 0 Å². The van der Waals surface area contributed by atoms with Crippen molar-refractivity contribution in [3.8, 4) is 0 Å². The fourth-order valence-electron chi connectivity index (χ4n) is 1.64. The number of benzene rings is 1. The molecule has 0 aliphatic heterocycles. The van der Waals surface area contributed by atoms with Gasteiger partial charge in [0.25, 0.3) is 0 Å². The van der Waals surface area contributed by atoms with Gasteiger partial charge < -0.3 is 14.6 Å². The van der Waals surface area contributed by atoms with Crippen molar-refractivity contribution in [1.29, 1.82) is 0 Å². The largest absolute Gasteiger partial charge is 0.383 e. The average Bonchev–Trinajstić information content (AvgIpc) is 2.80. The summed E-state index contributed by atoms with van der Waals surface area (Å²) in [5.74, 6) is 0.684. The molecule has 2 aromatic rings. The van der Waals surface area contributed by atoms with Gasteiger partial charge in [0, 0.05) is 20.1 Å². The molecular weight excluding hydrogens is 230 g/mol. The molecule has 0 aliphatic rings. The normalized spacial score (nSPS) is 10.6. The van der Waals surface area contributed by atoms with Crippen molar-refractivity contribution in [2.45, 2.75) is 13.3 Å². The van der Waals surface area contributed by atoms with E-state index in [0.29, 0.717) is 31.4 Å². The summed E-state index contributed by atoms with van der Waals surface area (Å²) in [5.41, 5.74) is 2.44. The summed E-state index contributed by atoms with van der Waals surface area (Å²) >= 11 is 0. The van der Waals surface area contributed by atoms with E-state index < -0.39 is 0 Å². The van der Waals surface area contributed by atoms with E-state index in [2.05, 4.69) is 34.5 Å². The lowest BCUT2D eigenvalue weighted by molar-refractivity contribution is 0.210. The van der Waals surface area contributed by atoms with Gasteiger partial charge in [0.05, 0.1) is 6.61 Å². The smallest absolute Gasteiger partial charge is 0.321 e. The van der Waals surface area contributed by atoms with E-state index in [1.807, 2.05) is 12.1 Å². The first kappa shape index (κ1) is 12.6. The highest BCUT2D eigenvalue weighted by Gasteiger charge is 2.07. The van der Waals surface area contributed by atoms with E-state index in [1.165, 1.54) is 11.1 Å². The summed E-state index contributed by atoms with van der Waals surface area (Å²) < 4.78 is 10.0. The molecule has 0 spiro atoms. The van der Waals surface area contributed by atoms with E-state index in [4.69, 9.17) is 9.26 Å². The fourth-order valence-corrected chi connectivity index (χ4v) is 1.64. The van der Waals surface area contributed by atoms with Crippen molar-refractivity contribution in [2.75, 3.05) is 25.6 Å². The number of hydrogen-bond acceptors (Lipinski definition) is 5. The summed E-state index contributed by atoms with van der Waals surface area (Å²) in [6.07, 6.45) is 0.683. The first-order chi connectivity index (χ1) is 8.79. The Morgan fingerprint density at radius 2 is 2.17 bits per heavy atom. The topological polar surface area (TPSA) is 60.2 Å². The zero-order chi connectivity index (χ0) is 12.8. The summed E-state index contributed by atoms with van der Waals surface area (Å²) in [6, 6.07) is 8.62. The minimum atomic E-state index is 0.440. The standard InChI is InChI=1S/C13H17N3O2/c1-10-5-3-4-6-11(10)9-12-15-13(18-16-12)14-7-8-17-2/h3-6H,7-9H2,1-2H3,(H,14,15,16). The highest BCUT2D eigenvalue weighted by molar-refractivity contribution is 5.29. The number of rotatable bonds is 6. The van der Waals surface area contributed by atoms with Crippen molar-refractivity contribution < 1.29 is 9.26 Å². The molecule has 0 bridgehead atoms. The van der Waals surface area contributed by atoms with E-state index in [-0.39, 0.29) is 0 Å². The molecule has 0 unspecified atom stereocenters. The number of aryl methyl sites for hydroxylation is 1. The lowest BCUT2D eigenvalue weighted by Gasteiger charge is -2.01. The second-order valence-electron chi connectivity index (χ2n) is 4.04. The van der Waals surface area contributed by atoms with Crippen LogP contribution < -0.4 is 5.32 Å². The quantitative estimate of drug-likeness (QED) is 0.791. The summed E-state index contributed by atoms with van der Waals surface area (Å²) in [5, 5.41) is 6.94. The predicted octanol–water partition coefficient (Wildman–Crippen LogP) is 2.03. The number of nitrogens with one attached hydrogen (secondary N) is 1. The number of aromatic nitrogens is 2. The minimum absolute atomic E-state index is 0.440. The van der Waals surface area contributed by atoms with Gasteiger partial charge in [-0.2, -0.15) is 4.98 Å². The Morgan fingerprint density at radius 1 is 1.33 bits per heavy atom. The van der Waals surface area contributed by atoms with Gasteiger partial charge in [0.1, 0.15) is 0 Å². The van der Waals surface area contributed by atoms with Crippen molar-refractivity contribution in [2.24, 2.45) is 0 Å². The Kier molecular flexibility index (Phi) is 4.30. The highest BCUT2D eigenvalue weighted by Crippen LogP contribution is 2.12. The lowest BCUT2D eigenvalue weighted by atomic mass is 10.1. The molecule has 1 N–H and O–H groups in total. The van der Waals surface area contributed by atoms with Gasteiger partial charge in [-0.05, 0) is 18.1 Å². The van der Waals surface area contributed by atoms with Gasteiger partial charge in [0.2, 0.25) is 0 Å². The van der Waals surface area contributed by atoms with Crippen molar-refractivity contribution in [3.63, 3.8) is 0 Å². The molecule has 1 heterocycles. The van der Waals surface area contributed by atoms with Crippen molar-refractivity contribution in [1.82, 2.24) is 10.1 Å². The van der Waals surface area contributed by atoms with Gasteiger partial charge >= 0.3 is 6.01 Å². The van der Waals surface area contributed by atoms with Crippen molar-refractivity contribution >= 4 is 6.01 Å². The number of anilines is 1. The third kappa shape index (κ3) is 3.30. The van der Waals surface area contributed by atoms with Crippen LogP contribution in [-0.4, -0.2) is 30.4 Å². The van der Waals surface area contributed by atoms with Gasteiger partial charge in [-0.3, -0.25) is 0 Å². The Bertz CT molecular complexity index is 496. The van der Waals surface area contributed by atoms with Gasteiger partial charge in [-0.15, -0.1) is 0 Å². The lowest BCUT2D eigenvalue weighted by Crippen LogP contribution is -2.07. The van der Waals surface area contributed by atoms with Crippen LogP contribution >= 0.6 is 0 Å². The molecule has 0 fully saturated rings. The second kappa shape index (κ2) is 6.16. The Balaban J connectivity index is 1.96. The minimum Gasteiger partial charge on any atom is -0.383 e. The maximum atomic E-state index is 5.10. The average molecular weight is 247 g/mol. The first-order valence-electron chi connectivity index (χ1n) is 5.89. The van der Waals surface area contributed by atoms with Gasteiger partial charge in [0.15, 0.2) is 5.82 Å². The SMILES string of the molecule is COCCNc1nc(Cc2ccccc2C)no1. The van der Waals surface area contributed by atoms with Crippen LogP contribution in [0.4, 0.5) is 6.01 Å². The molecule has 0 amide bonds. The Labute approximate surface area is 106 Å². The van der Waals surface area contributed by atoms with Gasteiger partial charge in [-0.1, -0.05) is 29.4 Å². The van der Waals surface area contributed by atoms with Crippen LogP contribution in [0.25, 0.3) is 0 Å². The summed E-state index contributed by atoms with van der Waals surface area (Å²) in [6.45, 7) is 3.34. The molecule has 1 aromatic heterocycles. The van der Waals surface area contributed by atoms with Crippen LogP contribution in [0.3, 0.4) is 0 Å². The van der Waals surface area contributed by atoms with E-state index in [1.54, 1.807) is 7.11 Å². The summed E-state index contributed by atoms with van der Waals surface area (Å²) in [4.78, 5) is 4.27. The second-order valence-corrected chi connectivity index (χ2v) is 4.04. The maximum Gasteiger partial charge on any atom is 0.321 e. The van der Waals surface area contributed by atoms with Crippen LogP contribution in [0.2, 0.25) is 0 Å². The predicted molar refractivity (Wildman–Crippen MR) is 68.6 cm³/mol. The number of ether oxygens (including phenoxy) is 1. The number of hydrogen-bond donors (Lipinski definition) is 1. The zero-order valence-electron chi connectivity index (χ0n) is 10.6. The fraction of sp³-hybridized carbons (Fsp3) is 0.385. The molecule has 0 saturated heterocycles. The van der Waals surface area contributed by atoms with Gasteiger partial charge in [-0.25, -0.2) is 0 Å². The molecule has 5 nitrogen and oxygen atoms in total. The van der Waals surface area contributed by atoms with E-state index in [9.17, 15) is 0 Å². The van der Waals surface area contributed by atoms with Crippen LogP contribution in [0, 0.1) is 6.92 Å². The van der Waals surface area contributed by atoms with Crippen LogP contribution in [-0.2, 0) is 11.2 Å². The van der Waals surface area contributed by atoms with Crippen LogP contribution in [0.15, 0.2) is 28.8 Å². The molecule has 0 aliphatic carbocycles. The molecule has 1 aromatic carbocycles. The Morgan fingerprint density at radius 3 is 2.94 bits per heavy atom. The molecule has 0 radical (unpaired) electrons. The zero-order valence-corrected chi connectivity index (χ0v) is 10.6. The summed E-state index contributed by atoms with van der Waals surface area (Å²) in [7, 11) is 1.65. The molecule has 2 rings (SSSR count). The first-order valence-corrected chi connectivity index (χ1v) is 5.89. The van der Waals surface area contributed by atoms with Crippen LogP contribution in [0.1, 0.15) is 17.0 Å².